The molecule has 2 fully saturated rings. The predicted octanol–water partition coefficient (Wildman–Crippen LogP) is 4.44. The molecule has 0 spiro atoms. The molecule has 1 aromatic heterocycles. The maximum atomic E-state index is 14.3. The van der Waals surface area contributed by atoms with Crippen molar-refractivity contribution in [3.8, 4) is 0 Å². The summed E-state index contributed by atoms with van der Waals surface area (Å²) in [5.41, 5.74) is 4.10. The SMILES string of the molecule is CCC1CN(c2ncc(NC)cc2C)CCN1C1CCN(Cc2ccc(C)cc2F)CC1. The lowest BCUT2D eigenvalue weighted by Gasteiger charge is -2.48. The lowest BCUT2D eigenvalue weighted by Crippen LogP contribution is -2.58. The highest BCUT2D eigenvalue weighted by Crippen LogP contribution is 2.28. The smallest absolute Gasteiger partial charge is 0.131 e. The Morgan fingerprint density at radius 3 is 2.53 bits per heavy atom. The van der Waals surface area contributed by atoms with Gasteiger partial charge in [-0.1, -0.05) is 19.1 Å². The van der Waals surface area contributed by atoms with Crippen molar-refractivity contribution in [2.75, 3.05) is 50.0 Å². The molecule has 0 amide bonds. The van der Waals surface area contributed by atoms with Crippen LogP contribution in [0, 0.1) is 19.7 Å². The summed E-state index contributed by atoms with van der Waals surface area (Å²) in [5.74, 6) is 1.05. The number of hydrogen-bond acceptors (Lipinski definition) is 5. The second kappa shape index (κ2) is 10.2. The van der Waals surface area contributed by atoms with Crippen LogP contribution in [0.1, 0.15) is 42.9 Å². The van der Waals surface area contributed by atoms with E-state index in [0.717, 1.165) is 81.2 Å². The largest absolute Gasteiger partial charge is 0.387 e. The highest BCUT2D eigenvalue weighted by molar-refractivity contribution is 5.54. The summed E-state index contributed by atoms with van der Waals surface area (Å²) in [6.45, 7) is 12.4. The fourth-order valence-electron chi connectivity index (χ4n) is 5.37. The molecule has 1 atom stereocenters. The average molecular weight is 440 g/mol. The summed E-state index contributed by atoms with van der Waals surface area (Å²) in [7, 11) is 1.94. The maximum Gasteiger partial charge on any atom is 0.131 e. The molecule has 1 N–H and O–H groups in total. The zero-order valence-electron chi connectivity index (χ0n) is 20.1. The van der Waals surface area contributed by atoms with Crippen LogP contribution in [-0.4, -0.2) is 66.6 Å². The molecule has 0 aliphatic carbocycles. The van der Waals surface area contributed by atoms with E-state index in [0.29, 0.717) is 12.1 Å². The summed E-state index contributed by atoms with van der Waals surface area (Å²) in [4.78, 5) is 12.4. The van der Waals surface area contributed by atoms with E-state index in [9.17, 15) is 4.39 Å². The standard InChI is InChI=1S/C26H38FN5/c1-5-23-18-31(26-20(3)15-22(28-4)16-29-26)12-13-32(23)24-8-10-30(11-9-24)17-21-7-6-19(2)14-25(21)27/h6-7,14-16,23-24,28H,5,8-13,17-18H2,1-4H3. The highest BCUT2D eigenvalue weighted by Gasteiger charge is 2.33. The van der Waals surface area contributed by atoms with Crippen LogP contribution < -0.4 is 10.2 Å². The fraction of sp³-hybridized carbons (Fsp3) is 0.577. The number of nitrogens with zero attached hydrogens (tertiary/aromatic N) is 4. The van der Waals surface area contributed by atoms with Gasteiger partial charge in [0.2, 0.25) is 0 Å². The molecule has 2 aromatic rings. The van der Waals surface area contributed by atoms with Crippen LogP contribution in [0.3, 0.4) is 0 Å². The number of piperidine rings is 1. The van der Waals surface area contributed by atoms with E-state index in [-0.39, 0.29) is 5.82 Å². The van der Waals surface area contributed by atoms with Crippen molar-refractivity contribution in [1.82, 2.24) is 14.8 Å². The molecule has 4 rings (SSSR count). The molecule has 5 nitrogen and oxygen atoms in total. The second-order valence-corrected chi connectivity index (χ2v) is 9.46. The lowest BCUT2D eigenvalue weighted by atomic mass is 9.97. The van der Waals surface area contributed by atoms with Crippen molar-refractivity contribution in [2.45, 2.75) is 58.7 Å². The minimum atomic E-state index is -0.0686. The molecule has 174 valence electrons. The molecule has 0 saturated carbocycles. The van der Waals surface area contributed by atoms with Crippen LogP contribution in [0.25, 0.3) is 0 Å². The van der Waals surface area contributed by atoms with Gasteiger partial charge in [0.15, 0.2) is 0 Å². The van der Waals surface area contributed by atoms with Crippen molar-refractivity contribution < 1.29 is 4.39 Å². The summed E-state index contributed by atoms with van der Waals surface area (Å²) >= 11 is 0. The Labute approximate surface area is 192 Å². The molecule has 2 saturated heterocycles. The molecule has 0 radical (unpaired) electrons. The molecule has 2 aliphatic rings. The number of hydrogen-bond donors (Lipinski definition) is 1. The molecular weight excluding hydrogens is 401 g/mol. The number of aromatic nitrogens is 1. The molecule has 0 bridgehead atoms. The summed E-state index contributed by atoms with van der Waals surface area (Å²) in [6, 6.07) is 8.97. The van der Waals surface area contributed by atoms with Crippen molar-refractivity contribution >= 4 is 11.5 Å². The number of anilines is 2. The fourth-order valence-corrected chi connectivity index (χ4v) is 5.37. The van der Waals surface area contributed by atoms with E-state index < -0.39 is 0 Å². The molecular formula is C26H38FN5. The van der Waals surface area contributed by atoms with Gasteiger partial charge in [-0.2, -0.15) is 0 Å². The van der Waals surface area contributed by atoms with E-state index in [1.807, 2.05) is 32.3 Å². The van der Waals surface area contributed by atoms with E-state index in [4.69, 9.17) is 4.98 Å². The zero-order chi connectivity index (χ0) is 22.7. The number of halogens is 1. The third-order valence-electron chi connectivity index (χ3n) is 7.27. The number of aryl methyl sites for hydroxylation is 2. The first-order valence-corrected chi connectivity index (χ1v) is 12.1. The predicted molar refractivity (Wildman–Crippen MR) is 131 cm³/mol. The first kappa shape index (κ1) is 23.0. The van der Waals surface area contributed by atoms with Crippen LogP contribution in [0.4, 0.5) is 15.9 Å². The molecule has 1 unspecified atom stereocenters. The monoisotopic (exact) mass is 439 g/mol. The minimum absolute atomic E-state index is 0.0686. The third-order valence-corrected chi connectivity index (χ3v) is 7.27. The summed E-state index contributed by atoms with van der Waals surface area (Å²) in [5, 5.41) is 3.18. The van der Waals surface area contributed by atoms with Gasteiger partial charge in [0.05, 0.1) is 11.9 Å². The van der Waals surface area contributed by atoms with Crippen LogP contribution in [0.15, 0.2) is 30.5 Å². The van der Waals surface area contributed by atoms with Gasteiger partial charge in [0.1, 0.15) is 11.6 Å². The Hall–Kier alpha value is -2.18. The highest BCUT2D eigenvalue weighted by atomic mass is 19.1. The quantitative estimate of drug-likeness (QED) is 0.720. The second-order valence-electron chi connectivity index (χ2n) is 9.46. The number of rotatable bonds is 6. The van der Waals surface area contributed by atoms with Gasteiger partial charge in [0.25, 0.3) is 0 Å². The zero-order valence-corrected chi connectivity index (χ0v) is 20.1. The summed E-state index contributed by atoms with van der Waals surface area (Å²) < 4.78 is 14.3. The average Bonchev–Trinajstić information content (AvgIpc) is 2.81. The van der Waals surface area contributed by atoms with Crippen molar-refractivity contribution in [3.05, 3.63) is 53.0 Å². The Bertz CT molecular complexity index is 909. The first-order valence-electron chi connectivity index (χ1n) is 12.1. The molecule has 6 heteroatoms. The summed E-state index contributed by atoms with van der Waals surface area (Å²) in [6.07, 6.45) is 5.41. The van der Waals surface area contributed by atoms with Gasteiger partial charge in [-0.25, -0.2) is 9.37 Å². The number of nitrogens with one attached hydrogen (secondary N) is 1. The van der Waals surface area contributed by atoms with Gasteiger partial charge in [0, 0.05) is 50.9 Å². The van der Waals surface area contributed by atoms with Crippen LogP contribution in [0.5, 0.6) is 0 Å². The van der Waals surface area contributed by atoms with Crippen LogP contribution >= 0.6 is 0 Å². The van der Waals surface area contributed by atoms with Crippen LogP contribution in [0.2, 0.25) is 0 Å². The van der Waals surface area contributed by atoms with E-state index in [1.54, 1.807) is 6.07 Å². The molecule has 32 heavy (non-hydrogen) atoms. The minimum Gasteiger partial charge on any atom is -0.387 e. The Morgan fingerprint density at radius 1 is 1.09 bits per heavy atom. The number of likely N-dealkylation sites (tertiary alicyclic amines) is 1. The first-order chi connectivity index (χ1) is 15.5. The molecule has 2 aliphatic heterocycles. The van der Waals surface area contributed by atoms with Gasteiger partial charge in [-0.15, -0.1) is 0 Å². The van der Waals surface area contributed by atoms with Crippen molar-refractivity contribution in [3.63, 3.8) is 0 Å². The van der Waals surface area contributed by atoms with E-state index in [1.165, 1.54) is 5.56 Å². The van der Waals surface area contributed by atoms with E-state index >= 15 is 0 Å². The Morgan fingerprint density at radius 2 is 1.88 bits per heavy atom. The molecule has 1 aromatic carbocycles. The molecule has 3 heterocycles. The van der Waals surface area contributed by atoms with Crippen molar-refractivity contribution in [1.29, 1.82) is 0 Å². The van der Waals surface area contributed by atoms with Gasteiger partial charge in [-0.3, -0.25) is 9.80 Å². The topological polar surface area (TPSA) is 34.6 Å². The number of benzene rings is 1. The Kier molecular flexibility index (Phi) is 7.31. The van der Waals surface area contributed by atoms with Gasteiger partial charge < -0.3 is 10.2 Å². The van der Waals surface area contributed by atoms with E-state index in [2.05, 4.69) is 39.9 Å². The third kappa shape index (κ3) is 5.07. The van der Waals surface area contributed by atoms with Crippen LogP contribution in [-0.2, 0) is 6.54 Å². The lowest BCUT2D eigenvalue weighted by molar-refractivity contribution is 0.0607. The van der Waals surface area contributed by atoms with Gasteiger partial charge in [-0.05, 0) is 69.5 Å². The van der Waals surface area contributed by atoms with Crippen molar-refractivity contribution in [2.24, 2.45) is 0 Å². The normalized spacial score (nSPS) is 21.2. The maximum absolute atomic E-state index is 14.3. The Balaban J connectivity index is 1.34. The number of piperazine rings is 1. The van der Waals surface area contributed by atoms with Gasteiger partial charge >= 0.3 is 0 Å². The number of pyridine rings is 1.